The van der Waals surface area contributed by atoms with Gasteiger partial charge in [0.05, 0.1) is 0 Å². The topological polar surface area (TPSA) is 61.4 Å². The summed E-state index contributed by atoms with van der Waals surface area (Å²) in [5.74, 6) is -0.0397. The first-order chi connectivity index (χ1) is 11.1. The van der Waals surface area contributed by atoms with E-state index in [1.54, 1.807) is 41.3 Å². The highest BCUT2D eigenvalue weighted by molar-refractivity contribution is 6.01. The Hall–Kier alpha value is -2.82. The third kappa shape index (κ3) is 4.57. The first-order valence-electron chi connectivity index (χ1n) is 7.66. The van der Waals surface area contributed by atoms with Crippen LogP contribution in [0.15, 0.2) is 54.6 Å². The lowest BCUT2D eigenvalue weighted by atomic mass is 10.1. The van der Waals surface area contributed by atoms with Gasteiger partial charge in [0.25, 0.3) is 5.91 Å². The van der Waals surface area contributed by atoms with Crippen LogP contribution in [0.25, 0.3) is 0 Å². The quantitative estimate of drug-likeness (QED) is 0.882. The van der Waals surface area contributed by atoms with Crippen molar-refractivity contribution in [1.29, 1.82) is 0 Å². The zero-order valence-corrected chi connectivity index (χ0v) is 13.4. The number of carbonyl (C=O) groups is 2. The number of carbonyl (C=O) groups excluding carboxylic acids is 2. The molecule has 0 aliphatic heterocycles. The summed E-state index contributed by atoms with van der Waals surface area (Å²) in [5.41, 5.74) is 1.85. The minimum atomic E-state index is -0.344. The summed E-state index contributed by atoms with van der Waals surface area (Å²) in [5, 5.41) is 5.48. The van der Waals surface area contributed by atoms with Crippen molar-refractivity contribution >= 4 is 23.3 Å². The van der Waals surface area contributed by atoms with Crippen LogP contribution < -0.4 is 10.6 Å². The molecule has 0 aromatic heterocycles. The normalized spacial score (nSPS) is 10.0. The van der Waals surface area contributed by atoms with Crippen LogP contribution in [0.2, 0.25) is 0 Å². The molecule has 0 heterocycles. The highest BCUT2D eigenvalue weighted by Crippen LogP contribution is 2.14. The SMILES string of the molecule is CCN(CC)C(=O)c1cccc(NC(=O)Nc2ccccc2)c1. The fraction of sp³-hybridized carbons (Fsp3) is 0.222. The predicted octanol–water partition coefficient (Wildman–Crippen LogP) is 3.81. The molecule has 0 aliphatic rings. The molecule has 5 heteroatoms. The maximum atomic E-state index is 12.3. The predicted molar refractivity (Wildman–Crippen MR) is 92.8 cm³/mol. The number of amides is 3. The lowest BCUT2D eigenvalue weighted by Gasteiger charge is -2.19. The summed E-state index contributed by atoms with van der Waals surface area (Å²) in [7, 11) is 0. The number of anilines is 2. The van der Waals surface area contributed by atoms with Gasteiger partial charge in [-0.2, -0.15) is 0 Å². The molecule has 0 atom stereocenters. The molecule has 120 valence electrons. The van der Waals surface area contributed by atoms with Gasteiger partial charge in [-0.3, -0.25) is 4.79 Å². The molecule has 5 nitrogen and oxygen atoms in total. The van der Waals surface area contributed by atoms with Gasteiger partial charge < -0.3 is 15.5 Å². The summed E-state index contributed by atoms with van der Waals surface area (Å²) in [4.78, 5) is 26.1. The molecule has 2 aromatic rings. The lowest BCUT2D eigenvalue weighted by Crippen LogP contribution is -2.30. The molecular weight excluding hydrogens is 290 g/mol. The molecule has 0 aliphatic carbocycles. The Morgan fingerprint density at radius 1 is 0.870 bits per heavy atom. The van der Waals surface area contributed by atoms with E-state index in [1.165, 1.54) is 0 Å². The average molecular weight is 311 g/mol. The number of rotatable bonds is 5. The number of benzene rings is 2. The van der Waals surface area contributed by atoms with Gasteiger partial charge in [-0.1, -0.05) is 24.3 Å². The maximum Gasteiger partial charge on any atom is 0.323 e. The molecule has 3 amide bonds. The van der Waals surface area contributed by atoms with Crippen LogP contribution >= 0.6 is 0 Å². The highest BCUT2D eigenvalue weighted by atomic mass is 16.2. The van der Waals surface area contributed by atoms with E-state index >= 15 is 0 Å². The van der Waals surface area contributed by atoms with Crippen LogP contribution in [0.4, 0.5) is 16.2 Å². The van der Waals surface area contributed by atoms with Gasteiger partial charge >= 0.3 is 6.03 Å². The monoisotopic (exact) mass is 311 g/mol. The summed E-state index contributed by atoms with van der Waals surface area (Å²) >= 11 is 0. The second-order valence-electron chi connectivity index (χ2n) is 5.00. The molecule has 0 unspecified atom stereocenters. The van der Waals surface area contributed by atoms with Crippen LogP contribution in [-0.4, -0.2) is 29.9 Å². The number of hydrogen-bond acceptors (Lipinski definition) is 2. The zero-order valence-electron chi connectivity index (χ0n) is 13.4. The Kier molecular flexibility index (Phi) is 5.74. The van der Waals surface area contributed by atoms with Gasteiger partial charge in [0.1, 0.15) is 0 Å². The number of urea groups is 1. The Bertz CT molecular complexity index is 667. The summed E-state index contributed by atoms with van der Waals surface area (Å²) in [6, 6.07) is 15.8. The van der Waals surface area contributed by atoms with Crippen LogP contribution in [0.3, 0.4) is 0 Å². The third-order valence-electron chi connectivity index (χ3n) is 3.45. The van der Waals surface area contributed by atoms with Crippen molar-refractivity contribution in [3.05, 3.63) is 60.2 Å². The van der Waals surface area contributed by atoms with E-state index in [4.69, 9.17) is 0 Å². The van der Waals surface area contributed by atoms with Gasteiger partial charge in [-0.05, 0) is 44.2 Å². The fourth-order valence-corrected chi connectivity index (χ4v) is 2.24. The van der Waals surface area contributed by atoms with Crippen molar-refractivity contribution in [3.8, 4) is 0 Å². The van der Waals surface area contributed by atoms with Gasteiger partial charge in [-0.15, -0.1) is 0 Å². The minimum Gasteiger partial charge on any atom is -0.339 e. The zero-order chi connectivity index (χ0) is 16.7. The van der Waals surface area contributed by atoms with Gasteiger partial charge in [-0.25, -0.2) is 4.79 Å². The molecule has 2 rings (SSSR count). The van der Waals surface area contributed by atoms with Crippen molar-refractivity contribution < 1.29 is 9.59 Å². The van der Waals surface area contributed by atoms with E-state index in [2.05, 4.69) is 10.6 Å². The largest absolute Gasteiger partial charge is 0.339 e. The smallest absolute Gasteiger partial charge is 0.323 e. The van der Waals surface area contributed by atoms with Crippen molar-refractivity contribution in [2.45, 2.75) is 13.8 Å². The highest BCUT2D eigenvalue weighted by Gasteiger charge is 2.13. The molecular formula is C18H21N3O2. The molecule has 2 aromatic carbocycles. The van der Waals surface area contributed by atoms with E-state index in [9.17, 15) is 9.59 Å². The first-order valence-corrected chi connectivity index (χ1v) is 7.66. The van der Waals surface area contributed by atoms with E-state index < -0.39 is 0 Å². The summed E-state index contributed by atoms with van der Waals surface area (Å²) < 4.78 is 0. The number of nitrogens with one attached hydrogen (secondary N) is 2. The van der Waals surface area contributed by atoms with Crippen LogP contribution in [0.5, 0.6) is 0 Å². The van der Waals surface area contributed by atoms with Gasteiger partial charge in [0.15, 0.2) is 0 Å². The van der Waals surface area contributed by atoms with Crippen LogP contribution in [0, 0.1) is 0 Å². The molecule has 0 saturated carbocycles. The Labute approximate surface area is 136 Å². The molecule has 0 fully saturated rings. The molecule has 0 bridgehead atoms. The molecule has 0 spiro atoms. The Morgan fingerprint density at radius 3 is 2.13 bits per heavy atom. The third-order valence-corrected chi connectivity index (χ3v) is 3.45. The maximum absolute atomic E-state index is 12.3. The van der Waals surface area contributed by atoms with E-state index in [1.807, 2.05) is 32.0 Å². The second kappa shape index (κ2) is 7.98. The minimum absolute atomic E-state index is 0.0397. The average Bonchev–Trinajstić information content (AvgIpc) is 2.57. The number of nitrogens with zero attached hydrogens (tertiary/aromatic N) is 1. The Morgan fingerprint density at radius 2 is 1.48 bits per heavy atom. The van der Waals surface area contributed by atoms with Gasteiger partial charge in [0.2, 0.25) is 0 Å². The van der Waals surface area contributed by atoms with Crippen molar-refractivity contribution in [3.63, 3.8) is 0 Å². The van der Waals surface area contributed by atoms with Crippen LogP contribution in [0.1, 0.15) is 24.2 Å². The Balaban J connectivity index is 2.05. The summed E-state index contributed by atoms with van der Waals surface area (Å²) in [6.07, 6.45) is 0. The van der Waals surface area contributed by atoms with Crippen molar-refractivity contribution in [1.82, 2.24) is 4.90 Å². The molecule has 23 heavy (non-hydrogen) atoms. The van der Waals surface area contributed by atoms with Gasteiger partial charge in [0, 0.05) is 30.0 Å². The molecule has 0 saturated heterocycles. The first kappa shape index (κ1) is 16.5. The molecule has 2 N–H and O–H groups in total. The van der Waals surface area contributed by atoms with E-state index in [0.29, 0.717) is 30.0 Å². The fourth-order valence-electron chi connectivity index (χ4n) is 2.24. The standard InChI is InChI=1S/C18H21N3O2/c1-3-21(4-2)17(22)14-9-8-12-16(13-14)20-18(23)19-15-10-6-5-7-11-15/h5-13H,3-4H2,1-2H3,(H2,19,20,23). The number of hydrogen-bond donors (Lipinski definition) is 2. The van der Waals surface area contributed by atoms with E-state index in [0.717, 1.165) is 0 Å². The van der Waals surface area contributed by atoms with Crippen molar-refractivity contribution in [2.75, 3.05) is 23.7 Å². The second-order valence-corrected chi connectivity index (χ2v) is 5.00. The molecule has 0 radical (unpaired) electrons. The number of para-hydroxylation sites is 1. The lowest BCUT2D eigenvalue weighted by molar-refractivity contribution is 0.0773. The summed E-state index contributed by atoms with van der Waals surface area (Å²) in [6.45, 7) is 5.19. The van der Waals surface area contributed by atoms with Crippen LogP contribution in [-0.2, 0) is 0 Å². The van der Waals surface area contributed by atoms with E-state index in [-0.39, 0.29) is 11.9 Å². The van der Waals surface area contributed by atoms with Crippen molar-refractivity contribution in [2.24, 2.45) is 0 Å².